The average molecular weight is 333 g/mol. The maximum Gasteiger partial charge on any atom is 0.251 e. The van der Waals surface area contributed by atoms with Gasteiger partial charge in [0, 0.05) is 38.2 Å². The van der Waals surface area contributed by atoms with Gasteiger partial charge in [0.05, 0.1) is 6.04 Å². The van der Waals surface area contributed by atoms with Gasteiger partial charge in [-0.15, -0.1) is 0 Å². The van der Waals surface area contributed by atoms with Gasteiger partial charge in [-0.3, -0.25) is 9.69 Å². The number of amides is 1. The first-order valence-electron chi connectivity index (χ1n) is 7.90. The van der Waals surface area contributed by atoms with E-state index in [0.29, 0.717) is 30.2 Å². The Labute approximate surface area is 139 Å². The summed E-state index contributed by atoms with van der Waals surface area (Å²) in [5, 5.41) is 10.1. The molecule has 7 nitrogen and oxygen atoms in total. The van der Waals surface area contributed by atoms with Crippen LogP contribution in [0.25, 0.3) is 0 Å². The van der Waals surface area contributed by atoms with Crippen molar-refractivity contribution in [2.24, 2.45) is 0 Å². The minimum absolute atomic E-state index is 0.102. The van der Waals surface area contributed by atoms with Crippen molar-refractivity contribution < 1.29 is 13.7 Å². The number of halogens is 1. The van der Waals surface area contributed by atoms with E-state index in [9.17, 15) is 9.18 Å². The van der Waals surface area contributed by atoms with E-state index in [1.165, 1.54) is 24.3 Å². The van der Waals surface area contributed by atoms with E-state index in [4.69, 9.17) is 4.52 Å². The fraction of sp³-hybridized carbons (Fsp3) is 0.438. The molecule has 1 atom stereocenters. The Balaban J connectivity index is 1.50. The van der Waals surface area contributed by atoms with Gasteiger partial charge in [0.2, 0.25) is 5.89 Å². The molecular weight excluding hydrogens is 313 g/mol. The van der Waals surface area contributed by atoms with Crippen LogP contribution in [-0.2, 0) is 6.42 Å². The zero-order valence-electron chi connectivity index (χ0n) is 13.5. The molecule has 0 radical (unpaired) electrons. The zero-order chi connectivity index (χ0) is 16.9. The van der Waals surface area contributed by atoms with Crippen LogP contribution in [0.1, 0.15) is 28.1 Å². The first kappa shape index (κ1) is 16.5. The van der Waals surface area contributed by atoms with Gasteiger partial charge < -0.3 is 15.2 Å². The van der Waals surface area contributed by atoms with E-state index >= 15 is 0 Å². The number of aromatic nitrogens is 2. The van der Waals surface area contributed by atoms with Crippen molar-refractivity contribution in [2.45, 2.75) is 12.5 Å². The minimum atomic E-state index is -0.368. The van der Waals surface area contributed by atoms with Crippen LogP contribution in [0.3, 0.4) is 0 Å². The van der Waals surface area contributed by atoms with Crippen LogP contribution >= 0.6 is 0 Å². The second kappa shape index (κ2) is 7.50. The molecule has 1 aromatic heterocycles. The maximum absolute atomic E-state index is 12.8. The van der Waals surface area contributed by atoms with Crippen molar-refractivity contribution in [3.63, 3.8) is 0 Å². The molecule has 1 aliphatic heterocycles. The fourth-order valence-electron chi connectivity index (χ4n) is 2.59. The van der Waals surface area contributed by atoms with Crippen molar-refractivity contribution in [1.29, 1.82) is 0 Å². The highest BCUT2D eigenvalue weighted by molar-refractivity contribution is 5.94. The summed E-state index contributed by atoms with van der Waals surface area (Å²) in [6.07, 6.45) is 0.448. The van der Waals surface area contributed by atoms with E-state index in [0.717, 1.165) is 19.6 Å². The number of benzene rings is 1. The van der Waals surface area contributed by atoms with Crippen LogP contribution in [0.2, 0.25) is 0 Å². The van der Waals surface area contributed by atoms with Gasteiger partial charge in [0.25, 0.3) is 5.91 Å². The van der Waals surface area contributed by atoms with Crippen molar-refractivity contribution >= 4 is 5.91 Å². The third-order valence-corrected chi connectivity index (χ3v) is 4.02. The summed E-state index contributed by atoms with van der Waals surface area (Å²) in [6, 6.07) is 5.51. The molecule has 0 bridgehead atoms. The average Bonchev–Trinajstić information content (AvgIpc) is 3.04. The first-order valence-corrected chi connectivity index (χ1v) is 7.90. The summed E-state index contributed by atoms with van der Waals surface area (Å²) in [6.45, 7) is 3.04. The smallest absolute Gasteiger partial charge is 0.251 e. The predicted molar refractivity (Wildman–Crippen MR) is 85.0 cm³/mol. The molecule has 3 rings (SSSR count). The van der Waals surface area contributed by atoms with E-state index in [2.05, 4.69) is 25.7 Å². The van der Waals surface area contributed by atoms with Gasteiger partial charge in [-0.2, -0.15) is 4.98 Å². The number of hydrogen-bond donors (Lipinski definition) is 2. The molecular formula is C16H20FN5O2. The third-order valence-electron chi connectivity index (χ3n) is 4.02. The van der Waals surface area contributed by atoms with E-state index < -0.39 is 0 Å². The van der Waals surface area contributed by atoms with Crippen LogP contribution in [0.5, 0.6) is 0 Å². The quantitative estimate of drug-likeness (QED) is 0.840. The van der Waals surface area contributed by atoms with E-state index in [-0.39, 0.29) is 17.8 Å². The molecule has 128 valence electrons. The van der Waals surface area contributed by atoms with E-state index in [1.54, 1.807) is 0 Å². The van der Waals surface area contributed by atoms with Gasteiger partial charge >= 0.3 is 0 Å². The largest absolute Gasteiger partial charge is 0.352 e. The molecule has 24 heavy (non-hydrogen) atoms. The maximum atomic E-state index is 12.8. The van der Waals surface area contributed by atoms with Crippen molar-refractivity contribution in [2.75, 3.05) is 33.2 Å². The summed E-state index contributed by atoms with van der Waals surface area (Å²) in [5.74, 6) is 0.519. The topological polar surface area (TPSA) is 83.3 Å². The number of nitrogens with one attached hydrogen (secondary N) is 2. The zero-order valence-corrected chi connectivity index (χ0v) is 13.5. The second-order valence-electron chi connectivity index (χ2n) is 5.76. The molecule has 2 heterocycles. The normalized spacial score (nSPS) is 18.5. The summed E-state index contributed by atoms with van der Waals surface area (Å²) in [7, 11) is 2.03. The molecule has 2 N–H and O–H groups in total. The number of likely N-dealkylation sites (N-methyl/N-ethyl adjacent to an activating group) is 1. The second-order valence-corrected chi connectivity index (χ2v) is 5.76. The lowest BCUT2D eigenvalue weighted by atomic mass is 10.2. The predicted octanol–water partition coefficient (Wildman–Crippen LogP) is 0.757. The monoisotopic (exact) mass is 333 g/mol. The molecule has 1 amide bonds. The first-order chi connectivity index (χ1) is 11.6. The van der Waals surface area contributed by atoms with Gasteiger partial charge in [0.1, 0.15) is 5.82 Å². The van der Waals surface area contributed by atoms with Crippen LogP contribution in [0.15, 0.2) is 28.8 Å². The molecule has 0 saturated carbocycles. The molecule has 1 fully saturated rings. The molecule has 1 aromatic carbocycles. The highest BCUT2D eigenvalue weighted by atomic mass is 19.1. The molecule has 8 heteroatoms. The third kappa shape index (κ3) is 3.95. The Kier molecular flexibility index (Phi) is 5.17. The van der Waals surface area contributed by atoms with Crippen LogP contribution in [0, 0.1) is 5.82 Å². The van der Waals surface area contributed by atoms with Gasteiger partial charge in [0.15, 0.2) is 5.82 Å². The Hall–Kier alpha value is -2.32. The molecule has 0 spiro atoms. The Morgan fingerprint density at radius 2 is 2.25 bits per heavy atom. The van der Waals surface area contributed by atoms with Gasteiger partial charge in [-0.1, -0.05) is 5.16 Å². The SMILES string of the molecule is CN1CCNCC1c1noc(CCNC(=O)c2ccc(F)cc2)n1. The van der Waals surface area contributed by atoms with E-state index in [1.807, 2.05) is 7.05 Å². The number of nitrogens with zero attached hydrogens (tertiary/aromatic N) is 3. The summed E-state index contributed by atoms with van der Waals surface area (Å²) < 4.78 is 18.1. The Morgan fingerprint density at radius 1 is 1.46 bits per heavy atom. The van der Waals surface area contributed by atoms with Gasteiger partial charge in [-0.25, -0.2) is 4.39 Å². The summed E-state index contributed by atoms with van der Waals surface area (Å²) in [4.78, 5) is 18.5. The van der Waals surface area contributed by atoms with Crippen molar-refractivity contribution in [1.82, 2.24) is 25.7 Å². The lowest BCUT2D eigenvalue weighted by Gasteiger charge is -2.30. The molecule has 1 aliphatic rings. The molecule has 2 aromatic rings. The molecule has 1 unspecified atom stereocenters. The Morgan fingerprint density at radius 3 is 3.00 bits per heavy atom. The van der Waals surface area contributed by atoms with Crippen LogP contribution in [-0.4, -0.2) is 54.2 Å². The summed E-state index contributed by atoms with van der Waals surface area (Å²) in [5.41, 5.74) is 0.414. The highest BCUT2D eigenvalue weighted by Gasteiger charge is 2.25. The highest BCUT2D eigenvalue weighted by Crippen LogP contribution is 2.17. The van der Waals surface area contributed by atoms with Crippen molar-refractivity contribution in [3.8, 4) is 0 Å². The van der Waals surface area contributed by atoms with Crippen LogP contribution in [0.4, 0.5) is 4.39 Å². The fourth-order valence-corrected chi connectivity index (χ4v) is 2.59. The lowest BCUT2D eigenvalue weighted by Crippen LogP contribution is -2.44. The lowest BCUT2D eigenvalue weighted by molar-refractivity contribution is 0.0953. The Bertz CT molecular complexity index is 688. The van der Waals surface area contributed by atoms with Gasteiger partial charge in [-0.05, 0) is 31.3 Å². The number of piperazine rings is 1. The number of rotatable bonds is 5. The minimum Gasteiger partial charge on any atom is -0.352 e. The number of hydrogen-bond acceptors (Lipinski definition) is 6. The van der Waals surface area contributed by atoms with Crippen LogP contribution < -0.4 is 10.6 Å². The van der Waals surface area contributed by atoms with Crippen molar-refractivity contribution in [3.05, 3.63) is 47.4 Å². The summed E-state index contributed by atoms with van der Waals surface area (Å²) >= 11 is 0. The number of carbonyl (C=O) groups is 1. The standard InChI is InChI=1S/C16H20FN5O2/c1-22-9-8-18-10-13(22)15-20-14(24-21-15)6-7-19-16(23)11-2-4-12(17)5-3-11/h2-5,13,18H,6-10H2,1H3,(H,19,23). The molecule has 0 aliphatic carbocycles. The molecule has 1 saturated heterocycles. The number of carbonyl (C=O) groups excluding carboxylic acids is 1.